The van der Waals surface area contributed by atoms with E-state index >= 15 is 0 Å². The van der Waals surface area contributed by atoms with Gasteiger partial charge in [-0.05, 0) is 42.4 Å². The molecule has 1 saturated heterocycles. The molecule has 2 aliphatic heterocycles. The van der Waals surface area contributed by atoms with E-state index in [0.29, 0.717) is 17.9 Å². The van der Waals surface area contributed by atoms with E-state index in [4.69, 9.17) is 0 Å². The molecule has 2 heterocycles. The molecule has 21 heavy (non-hydrogen) atoms. The minimum absolute atomic E-state index is 0.543. The molecule has 2 aromatic rings. The maximum atomic E-state index is 2.68. The van der Waals surface area contributed by atoms with E-state index in [9.17, 15) is 0 Å². The van der Waals surface area contributed by atoms with Gasteiger partial charge in [-0.15, -0.1) is 0 Å². The Balaban J connectivity index is 1.86. The highest BCUT2D eigenvalue weighted by Crippen LogP contribution is 2.47. The molecule has 0 N–H and O–H groups in total. The first-order valence-electron chi connectivity index (χ1n) is 8.27. The van der Waals surface area contributed by atoms with Crippen molar-refractivity contribution in [3.05, 3.63) is 65.7 Å². The molecule has 3 atom stereocenters. The van der Waals surface area contributed by atoms with Crippen LogP contribution in [0.3, 0.4) is 0 Å². The zero-order valence-corrected chi connectivity index (χ0v) is 12.7. The smallest absolute Gasteiger partial charge is 0.0407 e. The van der Waals surface area contributed by atoms with Crippen LogP contribution in [-0.2, 0) is 0 Å². The zero-order chi connectivity index (χ0) is 14.2. The molecule has 0 radical (unpaired) electrons. The second kappa shape index (κ2) is 5.22. The summed E-state index contributed by atoms with van der Waals surface area (Å²) in [5.41, 5.74) is 4.48. The fourth-order valence-electron chi connectivity index (χ4n) is 4.46. The molecule has 0 bridgehead atoms. The van der Waals surface area contributed by atoms with Gasteiger partial charge in [0, 0.05) is 24.2 Å². The molecule has 2 aromatic carbocycles. The topological polar surface area (TPSA) is 3.24 Å². The van der Waals surface area contributed by atoms with Gasteiger partial charge in [-0.2, -0.15) is 0 Å². The minimum Gasteiger partial charge on any atom is -0.368 e. The predicted molar refractivity (Wildman–Crippen MR) is 88.9 cm³/mol. The molecule has 0 aromatic heterocycles. The van der Waals surface area contributed by atoms with Gasteiger partial charge in [0.15, 0.2) is 0 Å². The van der Waals surface area contributed by atoms with E-state index in [1.165, 1.54) is 42.6 Å². The van der Waals surface area contributed by atoms with Crippen LogP contribution < -0.4 is 4.90 Å². The molecule has 1 fully saturated rings. The van der Waals surface area contributed by atoms with E-state index < -0.39 is 0 Å². The van der Waals surface area contributed by atoms with Crippen molar-refractivity contribution >= 4 is 5.69 Å². The van der Waals surface area contributed by atoms with Crippen LogP contribution in [0.5, 0.6) is 0 Å². The van der Waals surface area contributed by atoms with E-state index in [0.717, 1.165) is 0 Å². The Morgan fingerprint density at radius 1 is 0.905 bits per heavy atom. The Labute approximate surface area is 127 Å². The zero-order valence-electron chi connectivity index (χ0n) is 12.7. The molecule has 4 rings (SSSR count). The molecule has 108 valence electrons. The summed E-state index contributed by atoms with van der Waals surface area (Å²) in [4.78, 5) is 2.68. The monoisotopic (exact) mass is 277 g/mol. The molecular weight excluding hydrogens is 254 g/mol. The summed E-state index contributed by atoms with van der Waals surface area (Å²) in [7, 11) is 0. The first-order chi connectivity index (χ1) is 10.4. The number of benzene rings is 2. The Morgan fingerprint density at radius 3 is 2.52 bits per heavy atom. The molecule has 1 nitrogen and oxygen atoms in total. The largest absolute Gasteiger partial charge is 0.368 e. The summed E-state index contributed by atoms with van der Waals surface area (Å²) in [5, 5.41) is 0. The highest BCUT2D eigenvalue weighted by molar-refractivity contribution is 5.61. The van der Waals surface area contributed by atoms with Crippen molar-refractivity contribution in [1.29, 1.82) is 0 Å². The number of hydrogen-bond acceptors (Lipinski definition) is 1. The lowest BCUT2D eigenvalue weighted by atomic mass is 9.71. The molecule has 0 unspecified atom stereocenters. The third-order valence-electron chi connectivity index (χ3n) is 5.42. The lowest BCUT2D eigenvalue weighted by molar-refractivity contribution is 0.315. The summed E-state index contributed by atoms with van der Waals surface area (Å²) in [6, 6.07) is 20.9. The van der Waals surface area contributed by atoms with Gasteiger partial charge >= 0.3 is 0 Å². The van der Waals surface area contributed by atoms with E-state index in [2.05, 4.69) is 66.4 Å². The van der Waals surface area contributed by atoms with Crippen molar-refractivity contribution in [2.45, 2.75) is 38.1 Å². The first kappa shape index (κ1) is 12.9. The van der Waals surface area contributed by atoms with Crippen LogP contribution in [0.25, 0.3) is 0 Å². The van der Waals surface area contributed by atoms with Gasteiger partial charge < -0.3 is 4.90 Å². The third-order valence-corrected chi connectivity index (χ3v) is 5.42. The number of anilines is 1. The standard InChI is InChI=1S/C20H23N/c1-15-18-12-7-8-14-21(18)19-13-6-5-11-17(19)20(15)16-9-3-2-4-10-16/h2-6,9-11,13,15,18,20H,7-8,12,14H2,1H3/t15-,18-,20-/m1/s1. The fourth-order valence-corrected chi connectivity index (χ4v) is 4.46. The number of piperidine rings is 1. The molecule has 0 spiro atoms. The molecule has 2 aliphatic rings. The first-order valence-corrected chi connectivity index (χ1v) is 8.27. The number of rotatable bonds is 1. The van der Waals surface area contributed by atoms with Gasteiger partial charge in [0.25, 0.3) is 0 Å². The van der Waals surface area contributed by atoms with Crippen LogP contribution in [0.1, 0.15) is 43.2 Å². The van der Waals surface area contributed by atoms with Crippen molar-refractivity contribution in [3.8, 4) is 0 Å². The van der Waals surface area contributed by atoms with Crippen molar-refractivity contribution in [3.63, 3.8) is 0 Å². The summed E-state index contributed by atoms with van der Waals surface area (Å²) in [5.74, 6) is 1.23. The average Bonchev–Trinajstić information content (AvgIpc) is 2.56. The maximum Gasteiger partial charge on any atom is 0.0407 e. The van der Waals surface area contributed by atoms with Crippen molar-refractivity contribution in [1.82, 2.24) is 0 Å². The van der Waals surface area contributed by atoms with Crippen LogP contribution in [0.15, 0.2) is 54.6 Å². The number of nitrogens with zero attached hydrogens (tertiary/aromatic N) is 1. The Bertz CT molecular complexity index is 619. The fraction of sp³-hybridized carbons (Fsp3) is 0.400. The normalized spacial score (nSPS) is 27.9. The van der Waals surface area contributed by atoms with Gasteiger partial charge in [0.05, 0.1) is 0 Å². The third kappa shape index (κ3) is 2.07. The molecule has 0 amide bonds. The van der Waals surface area contributed by atoms with Gasteiger partial charge in [0.2, 0.25) is 0 Å². The van der Waals surface area contributed by atoms with Gasteiger partial charge in [-0.1, -0.05) is 55.5 Å². The van der Waals surface area contributed by atoms with Gasteiger partial charge in [-0.25, -0.2) is 0 Å². The second-order valence-electron chi connectivity index (χ2n) is 6.56. The summed E-state index contributed by atoms with van der Waals surface area (Å²) < 4.78 is 0. The molecule has 0 aliphatic carbocycles. The summed E-state index contributed by atoms with van der Waals surface area (Å²) >= 11 is 0. The Hall–Kier alpha value is -1.76. The van der Waals surface area contributed by atoms with E-state index in [1.54, 1.807) is 0 Å². The number of para-hydroxylation sites is 1. The maximum absolute atomic E-state index is 2.68. The minimum atomic E-state index is 0.543. The van der Waals surface area contributed by atoms with Crippen LogP contribution in [0.4, 0.5) is 5.69 Å². The van der Waals surface area contributed by atoms with Crippen molar-refractivity contribution in [2.24, 2.45) is 5.92 Å². The van der Waals surface area contributed by atoms with Crippen LogP contribution >= 0.6 is 0 Å². The Morgan fingerprint density at radius 2 is 1.67 bits per heavy atom. The quantitative estimate of drug-likeness (QED) is 0.722. The van der Waals surface area contributed by atoms with Crippen LogP contribution in [-0.4, -0.2) is 12.6 Å². The Kier molecular flexibility index (Phi) is 3.21. The molecule has 1 heteroatoms. The summed E-state index contributed by atoms with van der Waals surface area (Å²) in [6.45, 7) is 3.68. The number of fused-ring (bicyclic) bond motifs is 3. The predicted octanol–water partition coefficient (Wildman–Crippen LogP) is 4.83. The highest BCUT2D eigenvalue weighted by Gasteiger charge is 2.39. The van der Waals surface area contributed by atoms with Crippen LogP contribution in [0, 0.1) is 5.92 Å². The molecule has 0 saturated carbocycles. The lowest BCUT2D eigenvalue weighted by Gasteiger charge is -2.49. The van der Waals surface area contributed by atoms with Gasteiger partial charge in [-0.3, -0.25) is 0 Å². The van der Waals surface area contributed by atoms with Gasteiger partial charge in [0.1, 0.15) is 0 Å². The second-order valence-corrected chi connectivity index (χ2v) is 6.56. The average molecular weight is 277 g/mol. The lowest BCUT2D eigenvalue weighted by Crippen LogP contribution is -2.49. The highest BCUT2D eigenvalue weighted by atomic mass is 15.2. The van der Waals surface area contributed by atoms with Crippen molar-refractivity contribution < 1.29 is 0 Å². The van der Waals surface area contributed by atoms with Crippen LogP contribution in [0.2, 0.25) is 0 Å². The summed E-state index contributed by atoms with van der Waals surface area (Å²) in [6.07, 6.45) is 4.07. The molecular formula is C20H23N. The van der Waals surface area contributed by atoms with Crippen molar-refractivity contribution in [2.75, 3.05) is 11.4 Å². The van der Waals surface area contributed by atoms with E-state index in [-0.39, 0.29) is 0 Å². The SMILES string of the molecule is C[C@H]1[C@H](c2ccccc2)c2ccccc2N2CCCC[C@H]12. The number of hydrogen-bond donors (Lipinski definition) is 0. The van der Waals surface area contributed by atoms with E-state index in [1.807, 2.05) is 0 Å².